The predicted molar refractivity (Wildman–Crippen MR) is 85.1 cm³/mol. The largest absolute Gasteiger partial charge is 0.254 e. The number of hydrogen-bond acceptors (Lipinski definition) is 2. The Bertz CT molecular complexity index is 576. The van der Waals surface area contributed by atoms with E-state index in [4.69, 9.17) is 0 Å². The Balaban J connectivity index is 0.000000329. The molecule has 0 amide bonds. The van der Waals surface area contributed by atoms with Crippen molar-refractivity contribution in [3.63, 3.8) is 0 Å². The second-order valence-corrected chi connectivity index (χ2v) is 12.1. The molecule has 0 unspecified atom stereocenters. The molecule has 17 heavy (non-hydrogen) atoms. The maximum absolute atomic E-state index is 4.35. The second-order valence-electron chi connectivity index (χ2n) is 3.26. The van der Waals surface area contributed by atoms with Crippen LogP contribution in [-0.2, 0) is 8.26 Å². The average Bonchev–Trinajstić information content (AvgIpc) is 2.40. The Morgan fingerprint density at radius 2 is 1.18 bits per heavy atom. The molecular formula is C12H8CoI2N2. The molecule has 89 valence electrons. The van der Waals surface area contributed by atoms with E-state index in [1.165, 1.54) is 8.26 Å². The van der Waals surface area contributed by atoms with Gasteiger partial charge in [0.2, 0.25) is 0 Å². The summed E-state index contributed by atoms with van der Waals surface area (Å²) in [6, 6.07) is 12.1. The van der Waals surface area contributed by atoms with E-state index >= 15 is 0 Å². The third kappa shape index (κ3) is 3.27. The van der Waals surface area contributed by atoms with E-state index in [1.54, 1.807) is 12.4 Å². The molecule has 0 N–H and O–H groups in total. The summed E-state index contributed by atoms with van der Waals surface area (Å²) >= 11 is 4.49. The molecule has 0 spiro atoms. The van der Waals surface area contributed by atoms with Gasteiger partial charge in [-0.2, -0.15) is 0 Å². The van der Waals surface area contributed by atoms with Gasteiger partial charge >= 0.3 is 49.1 Å². The Hall–Kier alpha value is 0.00649. The summed E-state index contributed by atoms with van der Waals surface area (Å²) in [6.07, 6.45) is 3.60. The van der Waals surface area contributed by atoms with Crippen molar-refractivity contribution in [3.05, 3.63) is 48.8 Å². The van der Waals surface area contributed by atoms with Crippen LogP contribution < -0.4 is 0 Å². The van der Waals surface area contributed by atoms with E-state index in [0.717, 1.165) is 21.8 Å². The summed E-state index contributed by atoms with van der Waals surface area (Å²) in [5, 5.41) is 2.28. The van der Waals surface area contributed by atoms with Crippen molar-refractivity contribution in [2.24, 2.45) is 0 Å². The normalized spacial score (nSPS) is 10.2. The summed E-state index contributed by atoms with van der Waals surface area (Å²) < 4.78 is 0. The molecule has 0 atom stereocenters. The molecule has 0 bridgehead atoms. The van der Waals surface area contributed by atoms with Crippen LogP contribution in [0.3, 0.4) is 0 Å². The summed E-state index contributed by atoms with van der Waals surface area (Å²) in [5.74, 6) is 0. The van der Waals surface area contributed by atoms with E-state index in [1.807, 2.05) is 12.1 Å². The number of fused-ring (bicyclic) bond motifs is 3. The Morgan fingerprint density at radius 1 is 0.765 bits per heavy atom. The molecule has 3 aromatic rings. The minimum Gasteiger partial charge on any atom is -0.254 e. The van der Waals surface area contributed by atoms with E-state index < -0.39 is 0 Å². The van der Waals surface area contributed by atoms with Crippen LogP contribution in [0.4, 0.5) is 0 Å². The maximum atomic E-state index is 4.35. The van der Waals surface area contributed by atoms with E-state index in [2.05, 4.69) is 75.1 Å². The molecule has 0 saturated carbocycles. The zero-order valence-corrected chi connectivity index (χ0v) is 14.0. The Morgan fingerprint density at radius 3 is 1.59 bits per heavy atom. The average molecular weight is 493 g/mol. The number of aromatic nitrogens is 2. The van der Waals surface area contributed by atoms with Gasteiger partial charge in [-0.05, 0) is 12.1 Å². The first-order chi connectivity index (χ1) is 8.36. The van der Waals surface area contributed by atoms with Crippen molar-refractivity contribution in [2.75, 3.05) is 0 Å². The van der Waals surface area contributed by atoms with Crippen molar-refractivity contribution >= 4 is 62.6 Å². The molecule has 1 aromatic carbocycles. The monoisotopic (exact) mass is 493 g/mol. The van der Waals surface area contributed by atoms with Gasteiger partial charge in [0.1, 0.15) is 0 Å². The minimum absolute atomic E-state index is 0.977. The molecule has 2 nitrogen and oxygen atoms in total. The third-order valence-electron chi connectivity index (χ3n) is 2.34. The van der Waals surface area contributed by atoms with Crippen molar-refractivity contribution in [2.45, 2.75) is 0 Å². The van der Waals surface area contributed by atoms with Crippen LogP contribution in [0.25, 0.3) is 21.8 Å². The number of pyridine rings is 2. The van der Waals surface area contributed by atoms with Crippen molar-refractivity contribution < 1.29 is 8.26 Å². The molecule has 5 heteroatoms. The third-order valence-corrected chi connectivity index (χ3v) is 2.34. The summed E-state index contributed by atoms with van der Waals surface area (Å²) in [5.41, 5.74) is 1.95. The van der Waals surface area contributed by atoms with Crippen molar-refractivity contribution in [3.8, 4) is 0 Å². The van der Waals surface area contributed by atoms with Gasteiger partial charge in [0.05, 0.1) is 11.0 Å². The van der Waals surface area contributed by atoms with Gasteiger partial charge in [0.25, 0.3) is 0 Å². The molecule has 2 heterocycles. The molecule has 0 fully saturated rings. The fourth-order valence-corrected chi connectivity index (χ4v) is 1.68. The molecular weight excluding hydrogens is 485 g/mol. The van der Waals surface area contributed by atoms with Crippen LogP contribution in [-0.4, -0.2) is 9.97 Å². The molecule has 0 aliphatic heterocycles. The quantitative estimate of drug-likeness (QED) is 0.340. The molecule has 2 aromatic heterocycles. The number of halogens is 2. The van der Waals surface area contributed by atoms with Gasteiger partial charge in [-0.1, -0.05) is 24.3 Å². The first-order valence-electron chi connectivity index (χ1n) is 4.79. The maximum Gasteiger partial charge on any atom is 0.0964 e. The van der Waals surface area contributed by atoms with Crippen LogP contribution in [0.5, 0.6) is 0 Å². The van der Waals surface area contributed by atoms with E-state index in [9.17, 15) is 0 Å². The first-order valence-corrected chi connectivity index (χ1v) is 11.5. The van der Waals surface area contributed by atoms with Gasteiger partial charge in [0.15, 0.2) is 0 Å². The van der Waals surface area contributed by atoms with Crippen LogP contribution in [0.15, 0.2) is 48.8 Å². The number of nitrogens with zero attached hydrogens (tertiary/aromatic N) is 2. The molecule has 0 saturated heterocycles. The summed E-state index contributed by atoms with van der Waals surface area (Å²) in [7, 11) is 1.38. The minimum atomic E-state index is 0.977. The van der Waals surface area contributed by atoms with Gasteiger partial charge < -0.3 is 0 Å². The van der Waals surface area contributed by atoms with E-state index in [0.29, 0.717) is 0 Å². The molecule has 3 rings (SSSR count). The van der Waals surface area contributed by atoms with Gasteiger partial charge in [0, 0.05) is 23.2 Å². The zero-order valence-electron chi connectivity index (χ0n) is 8.60. The standard InChI is InChI=1S/C12H8N2.Co.2HI/c1-3-9-5-6-10-4-2-8-14-12(10)11(9)13-7-1;;;/h1-8H;;2*1H/q;+2;;/p-2. The number of hydrogen-bond donors (Lipinski definition) is 0. The molecule has 0 radical (unpaired) electrons. The van der Waals surface area contributed by atoms with Crippen LogP contribution in [0, 0.1) is 0 Å². The SMILES string of the molecule is [I][Co][I].c1cnc2c(c1)ccc1cccnc12. The molecule has 0 aliphatic rings. The van der Waals surface area contributed by atoms with Gasteiger partial charge in [-0.3, -0.25) is 9.97 Å². The summed E-state index contributed by atoms with van der Waals surface area (Å²) in [4.78, 5) is 8.69. The number of rotatable bonds is 0. The fraction of sp³-hybridized carbons (Fsp3) is 0. The topological polar surface area (TPSA) is 25.8 Å². The fourth-order valence-electron chi connectivity index (χ4n) is 1.68. The number of benzene rings is 1. The Labute approximate surface area is 128 Å². The van der Waals surface area contributed by atoms with Gasteiger partial charge in [-0.25, -0.2) is 0 Å². The Kier molecular flexibility index (Phi) is 5.38. The van der Waals surface area contributed by atoms with Crippen LogP contribution in [0.2, 0.25) is 0 Å². The van der Waals surface area contributed by atoms with Crippen molar-refractivity contribution in [1.29, 1.82) is 0 Å². The zero-order chi connectivity index (χ0) is 12.1. The van der Waals surface area contributed by atoms with Crippen LogP contribution >= 0.6 is 40.8 Å². The summed E-state index contributed by atoms with van der Waals surface area (Å²) in [6.45, 7) is 0. The van der Waals surface area contributed by atoms with E-state index in [-0.39, 0.29) is 0 Å². The molecule has 0 aliphatic carbocycles. The second kappa shape index (κ2) is 6.81. The first kappa shape index (κ1) is 13.4. The van der Waals surface area contributed by atoms with Gasteiger partial charge in [-0.15, -0.1) is 0 Å². The predicted octanol–water partition coefficient (Wildman–Crippen LogP) is 4.55. The van der Waals surface area contributed by atoms with Crippen LogP contribution in [0.1, 0.15) is 0 Å². The smallest absolute Gasteiger partial charge is 0.0964 e. The van der Waals surface area contributed by atoms with Crippen molar-refractivity contribution in [1.82, 2.24) is 9.97 Å².